The minimum Gasteiger partial charge on any atom is -0.495 e. The van der Waals surface area contributed by atoms with Crippen LogP contribution < -0.4 is 10.1 Å². The van der Waals surface area contributed by atoms with Crippen LogP contribution in [0.1, 0.15) is 18.9 Å². The molecule has 21 heavy (non-hydrogen) atoms. The molecule has 2 aromatic carbocycles. The van der Waals surface area contributed by atoms with Crippen LogP contribution in [0.5, 0.6) is 5.75 Å². The second-order valence-electron chi connectivity index (χ2n) is 4.84. The van der Waals surface area contributed by atoms with Gasteiger partial charge < -0.3 is 10.1 Å². The summed E-state index contributed by atoms with van der Waals surface area (Å²) in [6.45, 7) is 3.99. The van der Waals surface area contributed by atoms with Crippen LogP contribution in [0.3, 0.4) is 0 Å². The number of nitrogens with one attached hydrogen (secondary N) is 1. The standard InChI is InChI=1S/C17H19Cl2NO/c1-3-8-20-11-12-4-6-14(15(18)9-12)13-5-7-17(21-2)16(19)10-13/h4-7,9-10,20H,3,8,11H2,1-2H3. The molecule has 2 aromatic rings. The zero-order chi connectivity index (χ0) is 15.2. The average Bonchev–Trinajstić information content (AvgIpc) is 2.47. The van der Waals surface area contributed by atoms with Gasteiger partial charge in [-0.2, -0.15) is 0 Å². The third-order valence-corrected chi connectivity index (χ3v) is 3.86. The first-order chi connectivity index (χ1) is 10.2. The average molecular weight is 324 g/mol. The van der Waals surface area contributed by atoms with Crippen molar-refractivity contribution in [1.82, 2.24) is 5.32 Å². The van der Waals surface area contributed by atoms with E-state index >= 15 is 0 Å². The highest BCUT2D eigenvalue weighted by atomic mass is 35.5. The lowest BCUT2D eigenvalue weighted by atomic mass is 10.0. The number of methoxy groups -OCH3 is 1. The highest BCUT2D eigenvalue weighted by Crippen LogP contribution is 2.34. The Morgan fingerprint density at radius 1 is 1.05 bits per heavy atom. The summed E-state index contributed by atoms with van der Waals surface area (Å²) in [5, 5.41) is 4.68. The lowest BCUT2D eigenvalue weighted by Crippen LogP contribution is -2.13. The molecule has 0 aliphatic rings. The van der Waals surface area contributed by atoms with Crippen LogP contribution >= 0.6 is 23.2 Å². The summed E-state index contributed by atoms with van der Waals surface area (Å²) in [5.41, 5.74) is 3.14. The van der Waals surface area contributed by atoms with Crippen molar-refractivity contribution in [2.24, 2.45) is 0 Å². The molecule has 1 N–H and O–H groups in total. The van der Waals surface area contributed by atoms with Gasteiger partial charge in [0.15, 0.2) is 0 Å². The second kappa shape index (κ2) is 7.69. The van der Waals surface area contributed by atoms with Crippen LogP contribution in [-0.4, -0.2) is 13.7 Å². The smallest absolute Gasteiger partial charge is 0.137 e. The first-order valence-electron chi connectivity index (χ1n) is 6.98. The zero-order valence-electron chi connectivity index (χ0n) is 12.2. The fraction of sp³-hybridized carbons (Fsp3) is 0.294. The van der Waals surface area contributed by atoms with Crippen molar-refractivity contribution in [3.63, 3.8) is 0 Å². The van der Waals surface area contributed by atoms with Crippen molar-refractivity contribution in [1.29, 1.82) is 0 Å². The van der Waals surface area contributed by atoms with E-state index in [1.54, 1.807) is 7.11 Å². The van der Waals surface area contributed by atoms with E-state index in [1.807, 2.05) is 30.3 Å². The van der Waals surface area contributed by atoms with Crippen molar-refractivity contribution >= 4 is 23.2 Å². The molecule has 0 unspecified atom stereocenters. The predicted molar refractivity (Wildman–Crippen MR) is 90.4 cm³/mol. The summed E-state index contributed by atoms with van der Waals surface area (Å²) in [6, 6.07) is 11.8. The molecule has 0 aliphatic heterocycles. The minimum absolute atomic E-state index is 0.583. The van der Waals surface area contributed by atoms with Gasteiger partial charge in [0.25, 0.3) is 0 Å². The van der Waals surface area contributed by atoms with Gasteiger partial charge in [0, 0.05) is 17.1 Å². The minimum atomic E-state index is 0.583. The lowest BCUT2D eigenvalue weighted by molar-refractivity contribution is 0.415. The molecule has 0 atom stereocenters. The van der Waals surface area contributed by atoms with Crippen molar-refractivity contribution < 1.29 is 4.74 Å². The highest BCUT2D eigenvalue weighted by molar-refractivity contribution is 6.34. The van der Waals surface area contributed by atoms with Crippen LogP contribution in [0.25, 0.3) is 11.1 Å². The molecule has 2 nitrogen and oxygen atoms in total. The normalized spacial score (nSPS) is 10.7. The number of benzene rings is 2. The first kappa shape index (κ1) is 16.2. The maximum atomic E-state index is 6.40. The SMILES string of the molecule is CCCNCc1ccc(-c2ccc(OC)c(Cl)c2)c(Cl)c1. The quantitative estimate of drug-likeness (QED) is 0.740. The molecule has 2 rings (SSSR count). The topological polar surface area (TPSA) is 21.3 Å². The molecular weight excluding hydrogens is 305 g/mol. The van der Waals surface area contributed by atoms with Gasteiger partial charge in [0.1, 0.15) is 5.75 Å². The molecule has 0 saturated carbocycles. The van der Waals surface area contributed by atoms with Crippen LogP contribution in [0.2, 0.25) is 10.0 Å². The Morgan fingerprint density at radius 2 is 1.86 bits per heavy atom. The van der Waals surface area contributed by atoms with E-state index in [2.05, 4.69) is 18.3 Å². The van der Waals surface area contributed by atoms with E-state index in [1.165, 1.54) is 5.56 Å². The fourth-order valence-electron chi connectivity index (χ4n) is 2.15. The van der Waals surface area contributed by atoms with E-state index in [-0.39, 0.29) is 0 Å². The molecule has 0 amide bonds. The van der Waals surface area contributed by atoms with Gasteiger partial charge in [-0.05, 0) is 42.3 Å². The summed E-state index contributed by atoms with van der Waals surface area (Å²) in [6.07, 6.45) is 1.12. The van der Waals surface area contributed by atoms with Crippen LogP contribution in [0.15, 0.2) is 36.4 Å². The van der Waals surface area contributed by atoms with E-state index < -0.39 is 0 Å². The van der Waals surface area contributed by atoms with E-state index in [4.69, 9.17) is 27.9 Å². The lowest BCUT2D eigenvalue weighted by Gasteiger charge is -2.10. The maximum Gasteiger partial charge on any atom is 0.137 e. The maximum absolute atomic E-state index is 6.40. The van der Waals surface area contributed by atoms with Gasteiger partial charge in [-0.25, -0.2) is 0 Å². The van der Waals surface area contributed by atoms with Crippen molar-refractivity contribution in [2.75, 3.05) is 13.7 Å². The Labute approximate surface area is 136 Å². The Balaban J connectivity index is 2.22. The summed E-state index contributed by atoms with van der Waals surface area (Å²) in [7, 11) is 1.60. The number of rotatable bonds is 6. The second-order valence-corrected chi connectivity index (χ2v) is 5.65. The molecule has 0 heterocycles. The van der Waals surface area contributed by atoms with Crippen molar-refractivity contribution in [3.05, 3.63) is 52.0 Å². The molecule has 0 spiro atoms. The number of ether oxygens (including phenoxy) is 1. The highest BCUT2D eigenvalue weighted by Gasteiger charge is 2.08. The summed E-state index contributed by atoms with van der Waals surface area (Å²) in [5.74, 6) is 0.664. The van der Waals surface area contributed by atoms with Gasteiger partial charge >= 0.3 is 0 Å². The molecular formula is C17H19Cl2NO. The molecule has 4 heteroatoms. The predicted octanol–water partition coefficient (Wildman–Crippen LogP) is 5.17. The third-order valence-electron chi connectivity index (χ3n) is 3.25. The Bertz CT molecular complexity index is 614. The Hall–Kier alpha value is -1.22. The Morgan fingerprint density at radius 3 is 2.48 bits per heavy atom. The molecule has 0 bridgehead atoms. The fourth-order valence-corrected chi connectivity index (χ4v) is 2.72. The first-order valence-corrected chi connectivity index (χ1v) is 7.74. The van der Waals surface area contributed by atoms with Crippen LogP contribution in [0.4, 0.5) is 0 Å². The molecule has 0 saturated heterocycles. The van der Waals surface area contributed by atoms with Gasteiger partial charge in [0.2, 0.25) is 0 Å². The number of hydrogen-bond donors (Lipinski definition) is 1. The van der Waals surface area contributed by atoms with E-state index in [0.717, 1.165) is 35.7 Å². The van der Waals surface area contributed by atoms with Crippen molar-refractivity contribution in [2.45, 2.75) is 19.9 Å². The third kappa shape index (κ3) is 4.13. The van der Waals surface area contributed by atoms with Gasteiger partial charge in [0.05, 0.1) is 12.1 Å². The molecule has 0 fully saturated rings. The molecule has 0 radical (unpaired) electrons. The number of hydrogen-bond acceptors (Lipinski definition) is 2. The molecule has 112 valence electrons. The summed E-state index contributed by atoms with van der Waals surface area (Å²) in [4.78, 5) is 0. The summed E-state index contributed by atoms with van der Waals surface area (Å²) >= 11 is 12.6. The van der Waals surface area contributed by atoms with Gasteiger partial charge in [-0.15, -0.1) is 0 Å². The van der Waals surface area contributed by atoms with Gasteiger partial charge in [-0.1, -0.05) is 48.3 Å². The Kier molecular flexibility index (Phi) is 5.92. The zero-order valence-corrected chi connectivity index (χ0v) is 13.8. The van der Waals surface area contributed by atoms with Gasteiger partial charge in [-0.3, -0.25) is 0 Å². The monoisotopic (exact) mass is 323 g/mol. The molecule has 0 aromatic heterocycles. The number of halogens is 2. The van der Waals surface area contributed by atoms with Crippen molar-refractivity contribution in [3.8, 4) is 16.9 Å². The summed E-state index contributed by atoms with van der Waals surface area (Å²) < 4.78 is 5.17. The van der Waals surface area contributed by atoms with Crippen LogP contribution in [-0.2, 0) is 6.54 Å². The largest absolute Gasteiger partial charge is 0.495 e. The van der Waals surface area contributed by atoms with Crippen LogP contribution in [0, 0.1) is 0 Å². The molecule has 0 aliphatic carbocycles. The van der Waals surface area contributed by atoms with E-state index in [9.17, 15) is 0 Å². The van der Waals surface area contributed by atoms with E-state index in [0.29, 0.717) is 10.8 Å².